The summed E-state index contributed by atoms with van der Waals surface area (Å²) < 4.78 is 5.29. The first kappa shape index (κ1) is 19.5. The zero-order valence-electron chi connectivity index (χ0n) is 16.4. The van der Waals surface area contributed by atoms with Gasteiger partial charge in [-0.2, -0.15) is 0 Å². The summed E-state index contributed by atoms with van der Waals surface area (Å²) in [6, 6.07) is 0. The van der Waals surface area contributed by atoms with Gasteiger partial charge in [-0.25, -0.2) is 0 Å². The van der Waals surface area contributed by atoms with Gasteiger partial charge in [0.25, 0.3) is 0 Å². The Balaban J connectivity index is 1.82. The smallest absolute Gasteiger partial charge is 0.302 e. The summed E-state index contributed by atoms with van der Waals surface area (Å²) in [6.07, 6.45) is 5.86. The van der Waals surface area contributed by atoms with Crippen molar-refractivity contribution in [2.45, 2.75) is 78.2 Å². The maximum atomic E-state index is 13.1. The SMILES string of the molecule is CC(=O)O[C@H]1CC[C@](C)(C2CC[C@]3(C)C(=O)CC[C@H]3[C@@H]2CCN)C(=O)C1. The highest BCUT2D eigenvalue weighted by atomic mass is 16.5. The molecule has 0 spiro atoms. The van der Waals surface area contributed by atoms with Crippen LogP contribution in [-0.4, -0.2) is 30.2 Å². The topological polar surface area (TPSA) is 86.5 Å². The standard InChI is InChI=1S/C21H33NO4/c1-13(23)26-14-6-9-21(3,19(25)12-14)17-7-10-20(2)16(4-5-18(20)24)15(17)8-11-22/h14-17H,4-12,22H2,1-3H3/t14-,15-,16-,17?,20-,21+/m0/s1. The molecule has 1 unspecified atom stereocenters. The lowest BCUT2D eigenvalue weighted by atomic mass is 9.51. The molecule has 0 bridgehead atoms. The van der Waals surface area contributed by atoms with Crippen molar-refractivity contribution < 1.29 is 19.1 Å². The number of nitrogens with two attached hydrogens (primary N) is 1. The normalized spacial score (nSPS) is 43.2. The molecule has 0 radical (unpaired) electrons. The summed E-state index contributed by atoms with van der Waals surface area (Å²) >= 11 is 0. The fourth-order valence-electron chi connectivity index (χ4n) is 6.31. The summed E-state index contributed by atoms with van der Waals surface area (Å²) in [4.78, 5) is 36.8. The van der Waals surface area contributed by atoms with Crippen molar-refractivity contribution in [3.63, 3.8) is 0 Å². The first-order valence-electron chi connectivity index (χ1n) is 10.2. The molecule has 2 N–H and O–H groups in total. The van der Waals surface area contributed by atoms with Crippen LogP contribution in [0.1, 0.15) is 72.1 Å². The Bertz CT molecular complexity index is 603. The molecule has 0 aliphatic heterocycles. The van der Waals surface area contributed by atoms with E-state index in [1.165, 1.54) is 6.92 Å². The maximum Gasteiger partial charge on any atom is 0.302 e. The van der Waals surface area contributed by atoms with Crippen molar-refractivity contribution in [2.24, 2.45) is 34.3 Å². The molecule has 3 aliphatic carbocycles. The van der Waals surface area contributed by atoms with Gasteiger partial charge in [0, 0.05) is 30.6 Å². The molecule has 146 valence electrons. The van der Waals surface area contributed by atoms with E-state index in [0.29, 0.717) is 37.0 Å². The van der Waals surface area contributed by atoms with Crippen molar-refractivity contribution in [3.8, 4) is 0 Å². The van der Waals surface area contributed by atoms with E-state index in [4.69, 9.17) is 10.5 Å². The number of Topliss-reactive ketones (excluding diaryl/α,β-unsaturated/α-hetero) is 2. The zero-order chi connectivity index (χ0) is 19.1. The van der Waals surface area contributed by atoms with E-state index in [2.05, 4.69) is 13.8 Å². The van der Waals surface area contributed by atoms with Crippen molar-refractivity contribution in [2.75, 3.05) is 6.54 Å². The van der Waals surface area contributed by atoms with Gasteiger partial charge in [-0.3, -0.25) is 14.4 Å². The van der Waals surface area contributed by atoms with Gasteiger partial charge in [-0.05, 0) is 62.8 Å². The highest BCUT2D eigenvalue weighted by molar-refractivity contribution is 5.88. The van der Waals surface area contributed by atoms with Crippen LogP contribution >= 0.6 is 0 Å². The van der Waals surface area contributed by atoms with Crippen molar-refractivity contribution in [1.29, 1.82) is 0 Å². The Morgan fingerprint density at radius 3 is 2.31 bits per heavy atom. The minimum Gasteiger partial charge on any atom is -0.462 e. The Kier molecular flexibility index (Phi) is 5.31. The Labute approximate surface area is 156 Å². The van der Waals surface area contributed by atoms with Gasteiger partial charge in [0.05, 0.1) is 0 Å². The number of esters is 1. The van der Waals surface area contributed by atoms with E-state index in [-0.39, 0.29) is 34.6 Å². The second-order valence-electron chi connectivity index (χ2n) is 9.19. The van der Waals surface area contributed by atoms with Crippen molar-refractivity contribution in [3.05, 3.63) is 0 Å². The van der Waals surface area contributed by atoms with Crippen LogP contribution in [0.3, 0.4) is 0 Å². The van der Waals surface area contributed by atoms with E-state index >= 15 is 0 Å². The van der Waals surface area contributed by atoms with Gasteiger partial charge in [0.2, 0.25) is 0 Å². The second-order valence-corrected chi connectivity index (χ2v) is 9.19. The second kappa shape index (κ2) is 7.06. The number of rotatable bonds is 4. The predicted octanol–water partition coefficient (Wildman–Crippen LogP) is 3.04. The number of hydrogen-bond acceptors (Lipinski definition) is 5. The molecule has 0 amide bonds. The molecular formula is C21H33NO4. The fraction of sp³-hybridized carbons (Fsp3) is 0.857. The Hall–Kier alpha value is -1.23. The third-order valence-electron chi connectivity index (χ3n) is 7.83. The zero-order valence-corrected chi connectivity index (χ0v) is 16.4. The molecule has 0 aromatic heterocycles. The third-order valence-corrected chi connectivity index (χ3v) is 7.83. The quantitative estimate of drug-likeness (QED) is 0.776. The number of carbonyl (C=O) groups is 3. The Morgan fingerprint density at radius 2 is 1.69 bits per heavy atom. The number of hydrogen-bond donors (Lipinski definition) is 1. The fourth-order valence-corrected chi connectivity index (χ4v) is 6.31. The highest BCUT2D eigenvalue weighted by Crippen LogP contribution is 2.60. The Morgan fingerprint density at radius 1 is 1.08 bits per heavy atom. The molecule has 3 fully saturated rings. The van der Waals surface area contributed by atoms with Gasteiger partial charge in [0.15, 0.2) is 0 Å². The maximum absolute atomic E-state index is 13.1. The predicted molar refractivity (Wildman–Crippen MR) is 98.2 cm³/mol. The van der Waals surface area contributed by atoms with E-state index < -0.39 is 0 Å². The van der Waals surface area contributed by atoms with Crippen LogP contribution < -0.4 is 5.73 Å². The molecule has 5 nitrogen and oxygen atoms in total. The van der Waals surface area contributed by atoms with Gasteiger partial charge in [0.1, 0.15) is 17.7 Å². The summed E-state index contributed by atoms with van der Waals surface area (Å²) in [5, 5.41) is 0. The van der Waals surface area contributed by atoms with E-state index in [9.17, 15) is 14.4 Å². The molecule has 3 saturated carbocycles. The lowest BCUT2D eigenvalue weighted by Gasteiger charge is -2.52. The molecule has 0 aromatic rings. The van der Waals surface area contributed by atoms with Crippen LogP contribution in [0.2, 0.25) is 0 Å². The monoisotopic (exact) mass is 363 g/mol. The largest absolute Gasteiger partial charge is 0.462 e. The van der Waals surface area contributed by atoms with Crippen LogP contribution in [-0.2, 0) is 19.1 Å². The molecular weight excluding hydrogens is 330 g/mol. The molecule has 5 heteroatoms. The van der Waals surface area contributed by atoms with E-state index in [1.54, 1.807) is 0 Å². The first-order chi connectivity index (χ1) is 12.2. The summed E-state index contributed by atoms with van der Waals surface area (Å²) in [5.41, 5.74) is 5.34. The molecule has 3 rings (SSSR count). The van der Waals surface area contributed by atoms with Crippen LogP contribution in [0.15, 0.2) is 0 Å². The summed E-state index contributed by atoms with van der Waals surface area (Å²) in [6.45, 7) is 6.23. The highest BCUT2D eigenvalue weighted by Gasteiger charge is 2.58. The minimum absolute atomic E-state index is 0.218. The van der Waals surface area contributed by atoms with Gasteiger partial charge < -0.3 is 10.5 Å². The molecule has 0 heterocycles. The lowest BCUT2D eigenvalue weighted by molar-refractivity contribution is -0.156. The first-order valence-corrected chi connectivity index (χ1v) is 10.2. The number of fused-ring (bicyclic) bond motifs is 1. The lowest BCUT2D eigenvalue weighted by Crippen LogP contribution is -2.52. The van der Waals surface area contributed by atoms with E-state index in [0.717, 1.165) is 38.5 Å². The number of carbonyl (C=O) groups excluding carboxylic acids is 3. The third kappa shape index (κ3) is 3.12. The summed E-state index contributed by atoms with van der Waals surface area (Å²) in [7, 11) is 0. The molecule has 0 saturated heterocycles. The summed E-state index contributed by atoms with van der Waals surface area (Å²) in [5.74, 6) is 1.27. The average Bonchev–Trinajstić information content (AvgIpc) is 2.87. The van der Waals surface area contributed by atoms with Crippen LogP contribution in [0.5, 0.6) is 0 Å². The van der Waals surface area contributed by atoms with Crippen LogP contribution in [0.4, 0.5) is 0 Å². The molecule has 26 heavy (non-hydrogen) atoms. The molecule has 0 aromatic carbocycles. The minimum atomic E-state index is -0.385. The van der Waals surface area contributed by atoms with Gasteiger partial charge >= 0.3 is 5.97 Å². The average molecular weight is 363 g/mol. The van der Waals surface area contributed by atoms with Gasteiger partial charge in [-0.15, -0.1) is 0 Å². The van der Waals surface area contributed by atoms with Crippen LogP contribution in [0, 0.1) is 28.6 Å². The number of ketones is 2. The van der Waals surface area contributed by atoms with Crippen molar-refractivity contribution >= 4 is 17.5 Å². The van der Waals surface area contributed by atoms with Crippen LogP contribution in [0.25, 0.3) is 0 Å². The number of ether oxygens (including phenoxy) is 1. The van der Waals surface area contributed by atoms with Gasteiger partial charge in [-0.1, -0.05) is 13.8 Å². The molecule has 6 atom stereocenters. The van der Waals surface area contributed by atoms with E-state index in [1.807, 2.05) is 0 Å². The molecule has 3 aliphatic rings. The van der Waals surface area contributed by atoms with Crippen molar-refractivity contribution in [1.82, 2.24) is 0 Å².